The zero-order chi connectivity index (χ0) is 11.7. The van der Waals surface area contributed by atoms with Crippen LogP contribution in [-0.2, 0) is 9.59 Å². The predicted molar refractivity (Wildman–Crippen MR) is 68.3 cm³/mol. The van der Waals surface area contributed by atoms with Crippen LogP contribution in [0.15, 0.2) is 22.1 Å². The average molecular weight is 348 g/mol. The number of thiocarbonyl (C=S) groups is 1. The van der Waals surface area contributed by atoms with Gasteiger partial charge >= 0.3 is 0 Å². The maximum Gasteiger partial charge on any atom is 0.263 e. The molecular formula is C9H5IN2O3S. The molecule has 0 radical (unpaired) electrons. The van der Waals surface area contributed by atoms with Gasteiger partial charge in [-0.15, -0.1) is 0 Å². The molecule has 1 aromatic rings. The van der Waals surface area contributed by atoms with Crippen LogP contribution >= 0.6 is 34.8 Å². The molecule has 16 heavy (non-hydrogen) atoms. The van der Waals surface area contributed by atoms with Crippen molar-refractivity contribution in [1.82, 2.24) is 10.6 Å². The van der Waals surface area contributed by atoms with Crippen LogP contribution in [0.5, 0.6) is 0 Å². The molecule has 0 spiro atoms. The fourth-order valence-corrected chi connectivity index (χ4v) is 1.77. The molecule has 0 atom stereocenters. The zero-order valence-electron chi connectivity index (χ0n) is 7.74. The Bertz CT molecular complexity index is 499. The minimum Gasteiger partial charge on any atom is -0.451 e. The highest BCUT2D eigenvalue weighted by Crippen LogP contribution is 2.14. The summed E-state index contributed by atoms with van der Waals surface area (Å²) in [5, 5.41) is 4.69. The monoisotopic (exact) mass is 348 g/mol. The maximum atomic E-state index is 11.5. The summed E-state index contributed by atoms with van der Waals surface area (Å²) in [6.45, 7) is 0. The van der Waals surface area contributed by atoms with Crippen molar-refractivity contribution in [2.45, 2.75) is 0 Å². The van der Waals surface area contributed by atoms with Crippen molar-refractivity contribution in [3.8, 4) is 0 Å². The van der Waals surface area contributed by atoms with Crippen molar-refractivity contribution >= 4 is 57.8 Å². The first-order valence-corrected chi connectivity index (χ1v) is 5.68. The molecule has 82 valence electrons. The largest absolute Gasteiger partial charge is 0.451 e. The summed E-state index contributed by atoms with van der Waals surface area (Å²) in [5.74, 6) is -0.613. The molecule has 1 aromatic heterocycles. The number of hydrogen-bond acceptors (Lipinski definition) is 4. The first kappa shape index (κ1) is 11.3. The standard InChI is InChI=1S/C9H5IN2O3S/c10-6-2-1-4(15-6)3-5-7(13)11-9(16)12-8(5)14/h1-3H,(H2,11,12,13,14,16). The number of amides is 2. The molecule has 7 heteroatoms. The number of halogens is 1. The van der Waals surface area contributed by atoms with Crippen molar-refractivity contribution < 1.29 is 14.0 Å². The van der Waals surface area contributed by atoms with Gasteiger partial charge in [-0.2, -0.15) is 0 Å². The fourth-order valence-electron chi connectivity index (χ4n) is 1.15. The predicted octanol–water partition coefficient (Wildman–Crippen LogP) is 0.798. The molecule has 1 aliphatic heterocycles. The molecule has 0 aromatic carbocycles. The van der Waals surface area contributed by atoms with Gasteiger partial charge in [0, 0.05) is 0 Å². The quantitative estimate of drug-likeness (QED) is 0.341. The highest BCUT2D eigenvalue weighted by atomic mass is 127. The summed E-state index contributed by atoms with van der Waals surface area (Å²) in [6, 6.07) is 3.40. The lowest BCUT2D eigenvalue weighted by Gasteiger charge is -2.15. The van der Waals surface area contributed by atoms with Crippen molar-refractivity contribution in [2.75, 3.05) is 0 Å². The molecule has 0 saturated carbocycles. The first-order chi connectivity index (χ1) is 7.56. The molecular weight excluding hydrogens is 343 g/mol. The lowest BCUT2D eigenvalue weighted by Crippen LogP contribution is -2.51. The Morgan fingerprint density at radius 3 is 2.38 bits per heavy atom. The van der Waals surface area contributed by atoms with E-state index < -0.39 is 11.8 Å². The first-order valence-electron chi connectivity index (χ1n) is 4.20. The Kier molecular flexibility index (Phi) is 3.06. The van der Waals surface area contributed by atoms with Gasteiger partial charge in [-0.3, -0.25) is 20.2 Å². The van der Waals surface area contributed by atoms with E-state index in [9.17, 15) is 9.59 Å². The van der Waals surface area contributed by atoms with Crippen molar-refractivity contribution in [1.29, 1.82) is 0 Å². The van der Waals surface area contributed by atoms with Crippen LogP contribution in [-0.4, -0.2) is 16.9 Å². The number of carbonyl (C=O) groups is 2. The number of rotatable bonds is 1. The number of furan rings is 1. The molecule has 2 N–H and O–H groups in total. The van der Waals surface area contributed by atoms with Crippen LogP contribution in [0.1, 0.15) is 5.76 Å². The maximum absolute atomic E-state index is 11.5. The summed E-state index contributed by atoms with van der Waals surface area (Å²) in [4.78, 5) is 22.9. The zero-order valence-corrected chi connectivity index (χ0v) is 10.7. The minimum absolute atomic E-state index is 0.0150. The highest BCUT2D eigenvalue weighted by molar-refractivity contribution is 14.1. The Labute approximate surface area is 109 Å². The summed E-state index contributed by atoms with van der Waals surface area (Å²) in [6.07, 6.45) is 1.37. The van der Waals surface area contributed by atoms with E-state index in [1.807, 2.05) is 22.6 Å². The van der Waals surface area contributed by atoms with Gasteiger partial charge in [0.05, 0.1) is 0 Å². The molecule has 2 amide bonds. The molecule has 2 rings (SSSR count). The van der Waals surface area contributed by atoms with Gasteiger partial charge in [0.15, 0.2) is 8.88 Å². The van der Waals surface area contributed by atoms with Crippen LogP contribution < -0.4 is 10.6 Å². The second-order valence-electron chi connectivity index (χ2n) is 2.94. The Morgan fingerprint density at radius 1 is 1.25 bits per heavy atom. The van der Waals surface area contributed by atoms with Crippen LogP contribution in [0.3, 0.4) is 0 Å². The van der Waals surface area contributed by atoms with E-state index in [1.165, 1.54) is 6.08 Å². The second kappa shape index (κ2) is 4.34. The van der Waals surface area contributed by atoms with E-state index in [0.717, 1.165) is 0 Å². The molecule has 1 saturated heterocycles. The lowest BCUT2D eigenvalue weighted by atomic mass is 10.1. The molecule has 2 heterocycles. The minimum atomic E-state index is -0.528. The second-order valence-corrected chi connectivity index (χ2v) is 4.41. The van der Waals surface area contributed by atoms with Crippen molar-refractivity contribution in [3.63, 3.8) is 0 Å². The molecule has 1 fully saturated rings. The Balaban J connectivity index is 2.32. The van der Waals surface area contributed by atoms with E-state index in [4.69, 9.17) is 4.42 Å². The molecule has 0 aliphatic carbocycles. The SMILES string of the molecule is O=C1NC(=S)NC(=O)C1=Cc1ccc(I)o1. The Hall–Kier alpha value is -1.22. The summed E-state index contributed by atoms with van der Waals surface area (Å²) in [7, 11) is 0. The number of nitrogens with one attached hydrogen (secondary N) is 2. The van der Waals surface area contributed by atoms with Gasteiger partial charge in [0.1, 0.15) is 11.3 Å². The molecule has 5 nitrogen and oxygen atoms in total. The average Bonchev–Trinajstić information content (AvgIpc) is 2.58. The van der Waals surface area contributed by atoms with E-state index in [2.05, 4.69) is 22.9 Å². The van der Waals surface area contributed by atoms with E-state index >= 15 is 0 Å². The van der Waals surface area contributed by atoms with Crippen molar-refractivity contribution in [3.05, 3.63) is 27.2 Å². The third-order valence-corrected chi connectivity index (χ3v) is 2.61. The third-order valence-electron chi connectivity index (χ3n) is 1.82. The molecule has 0 unspecified atom stereocenters. The lowest BCUT2D eigenvalue weighted by molar-refractivity contribution is -0.123. The summed E-state index contributed by atoms with van der Waals surface area (Å²) in [5.41, 5.74) is -0.0284. The normalized spacial score (nSPS) is 15.8. The van der Waals surface area contributed by atoms with Crippen LogP contribution in [0, 0.1) is 3.77 Å². The highest BCUT2D eigenvalue weighted by Gasteiger charge is 2.25. The van der Waals surface area contributed by atoms with E-state index in [-0.39, 0.29) is 10.7 Å². The van der Waals surface area contributed by atoms with Crippen molar-refractivity contribution in [2.24, 2.45) is 0 Å². The van der Waals surface area contributed by atoms with Gasteiger partial charge in [0.25, 0.3) is 11.8 Å². The van der Waals surface area contributed by atoms with E-state index in [1.54, 1.807) is 12.1 Å². The summed E-state index contributed by atoms with van der Waals surface area (Å²) >= 11 is 6.66. The van der Waals surface area contributed by atoms with Gasteiger partial charge in [-0.25, -0.2) is 0 Å². The van der Waals surface area contributed by atoms with Crippen LogP contribution in [0.4, 0.5) is 0 Å². The van der Waals surface area contributed by atoms with Gasteiger partial charge in [0.2, 0.25) is 0 Å². The van der Waals surface area contributed by atoms with E-state index in [0.29, 0.717) is 9.53 Å². The smallest absolute Gasteiger partial charge is 0.263 e. The van der Waals surface area contributed by atoms with Gasteiger partial charge < -0.3 is 4.42 Å². The fraction of sp³-hybridized carbons (Fsp3) is 0. The molecule has 0 bridgehead atoms. The molecule has 1 aliphatic rings. The number of carbonyl (C=O) groups excluding carboxylic acids is 2. The van der Waals surface area contributed by atoms with Gasteiger partial charge in [-0.1, -0.05) is 0 Å². The number of hydrogen-bond donors (Lipinski definition) is 2. The van der Waals surface area contributed by atoms with Gasteiger partial charge in [-0.05, 0) is 53.0 Å². The summed E-state index contributed by atoms with van der Waals surface area (Å²) < 4.78 is 5.90. The third kappa shape index (κ3) is 2.30. The van der Waals surface area contributed by atoms with Crippen LogP contribution in [0.25, 0.3) is 6.08 Å². The Morgan fingerprint density at radius 2 is 1.88 bits per heavy atom. The van der Waals surface area contributed by atoms with Crippen LogP contribution in [0.2, 0.25) is 0 Å². The topological polar surface area (TPSA) is 71.3 Å².